The van der Waals surface area contributed by atoms with Gasteiger partial charge in [0, 0.05) is 18.2 Å². The minimum Gasteiger partial charge on any atom is -0.453 e. The first-order valence-electron chi connectivity index (χ1n) is 6.00. The van der Waals surface area contributed by atoms with Gasteiger partial charge in [0.1, 0.15) is 0 Å². The lowest BCUT2D eigenvalue weighted by molar-refractivity contribution is -0.0325. The van der Waals surface area contributed by atoms with Crippen molar-refractivity contribution in [3.63, 3.8) is 0 Å². The SMILES string of the molecule is CC[C@H]1O[C@H]2n3ccc(=O)nc3O[C@@]2(C)[C@@H]1C. The quantitative estimate of drug-likeness (QED) is 0.738. The minimum atomic E-state index is -0.422. The van der Waals surface area contributed by atoms with Crippen LogP contribution in [-0.2, 0) is 4.74 Å². The van der Waals surface area contributed by atoms with Crippen LogP contribution >= 0.6 is 0 Å². The first-order chi connectivity index (χ1) is 8.06. The molecule has 0 aliphatic carbocycles. The maximum Gasteiger partial charge on any atom is 0.302 e. The molecule has 0 N–H and O–H groups in total. The largest absolute Gasteiger partial charge is 0.453 e. The normalized spacial score (nSPS) is 38.6. The van der Waals surface area contributed by atoms with Crippen LogP contribution in [0.1, 0.15) is 33.4 Å². The molecule has 0 radical (unpaired) electrons. The highest BCUT2D eigenvalue weighted by Crippen LogP contribution is 2.50. The van der Waals surface area contributed by atoms with Gasteiger partial charge in [-0.3, -0.25) is 9.36 Å². The average Bonchev–Trinajstić information content (AvgIpc) is 2.69. The number of rotatable bonds is 1. The van der Waals surface area contributed by atoms with Gasteiger partial charge in [-0.25, -0.2) is 0 Å². The molecule has 1 fully saturated rings. The number of nitrogens with zero attached hydrogens (tertiary/aromatic N) is 2. The summed E-state index contributed by atoms with van der Waals surface area (Å²) in [7, 11) is 0. The highest BCUT2D eigenvalue weighted by molar-refractivity contribution is 5.15. The van der Waals surface area contributed by atoms with Gasteiger partial charge in [0.05, 0.1) is 6.10 Å². The minimum absolute atomic E-state index is 0.175. The molecule has 3 heterocycles. The summed E-state index contributed by atoms with van der Waals surface area (Å²) in [5.74, 6) is 0.273. The zero-order chi connectivity index (χ0) is 12.2. The molecule has 2 aliphatic rings. The molecular weight excluding hydrogens is 220 g/mol. The van der Waals surface area contributed by atoms with Crippen LogP contribution in [0.2, 0.25) is 0 Å². The average molecular weight is 236 g/mol. The topological polar surface area (TPSA) is 53.4 Å². The second kappa shape index (κ2) is 3.32. The molecule has 2 aliphatic heterocycles. The maximum atomic E-state index is 11.2. The molecule has 0 amide bonds. The van der Waals surface area contributed by atoms with Crippen molar-refractivity contribution < 1.29 is 9.47 Å². The fraction of sp³-hybridized carbons (Fsp3) is 0.667. The summed E-state index contributed by atoms with van der Waals surface area (Å²) in [5.41, 5.74) is -0.700. The Kier molecular flexibility index (Phi) is 2.10. The van der Waals surface area contributed by atoms with E-state index in [1.165, 1.54) is 6.07 Å². The third kappa shape index (κ3) is 1.29. The number of aromatic nitrogens is 2. The molecule has 1 aromatic rings. The summed E-state index contributed by atoms with van der Waals surface area (Å²) in [6.07, 6.45) is 2.67. The van der Waals surface area contributed by atoms with E-state index in [9.17, 15) is 4.79 Å². The van der Waals surface area contributed by atoms with E-state index in [4.69, 9.17) is 9.47 Å². The highest BCUT2D eigenvalue weighted by atomic mass is 16.6. The van der Waals surface area contributed by atoms with Gasteiger partial charge in [0.2, 0.25) is 0 Å². The molecule has 0 saturated carbocycles. The Hall–Kier alpha value is -1.36. The van der Waals surface area contributed by atoms with Gasteiger partial charge >= 0.3 is 6.01 Å². The van der Waals surface area contributed by atoms with Crippen LogP contribution in [0.5, 0.6) is 6.01 Å². The first-order valence-corrected chi connectivity index (χ1v) is 6.00. The summed E-state index contributed by atoms with van der Waals surface area (Å²) < 4.78 is 13.7. The zero-order valence-electron chi connectivity index (χ0n) is 10.2. The molecular formula is C12H16N2O3. The summed E-state index contributed by atoms with van der Waals surface area (Å²) in [6, 6.07) is 1.80. The number of hydrogen-bond acceptors (Lipinski definition) is 4. The van der Waals surface area contributed by atoms with Crippen molar-refractivity contribution in [3.05, 3.63) is 22.6 Å². The summed E-state index contributed by atoms with van der Waals surface area (Å²) in [5, 5.41) is 0. The molecule has 0 spiro atoms. The molecule has 0 aromatic carbocycles. The predicted molar refractivity (Wildman–Crippen MR) is 60.9 cm³/mol. The Bertz CT molecular complexity index is 513. The molecule has 5 heteroatoms. The smallest absolute Gasteiger partial charge is 0.302 e. The van der Waals surface area contributed by atoms with E-state index in [2.05, 4.69) is 18.8 Å². The van der Waals surface area contributed by atoms with Crippen LogP contribution in [0.4, 0.5) is 0 Å². The van der Waals surface area contributed by atoms with Gasteiger partial charge in [-0.05, 0) is 13.3 Å². The lowest BCUT2D eigenvalue weighted by Gasteiger charge is -2.26. The van der Waals surface area contributed by atoms with E-state index in [-0.39, 0.29) is 23.8 Å². The Morgan fingerprint density at radius 3 is 3.06 bits per heavy atom. The third-order valence-corrected chi connectivity index (χ3v) is 4.03. The van der Waals surface area contributed by atoms with Gasteiger partial charge in [-0.2, -0.15) is 4.98 Å². The summed E-state index contributed by atoms with van der Waals surface area (Å²) >= 11 is 0. The Balaban J connectivity index is 2.07. The molecule has 17 heavy (non-hydrogen) atoms. The second-order valence-electron chi connectivity index (χ2n) is 4.97. The summed E-state index contributed by atoms with van der Waals surface area (Å²) in [6.45, 7) is 6.26. The van der Waals surface area contributed by atoms with Crippen molar-refractivity contribution in [1.29, 1.82) is 0 Å². The lowest BCUT2D eigenvalue weighted by atomic mass is 9.87. The van der Waals surface area contributed by atoms with Crippen molar-refractivity contribution >= 4 is 0 Å². The standard InChI is InChI=1S/C12H16N2O3/c1-4-8-7(2)12(3)10(16-8)14-6-5-9(15)13-11(14)17-12/h5-8,10H,4H2,1-3H3/t7-,8-,10-,12+/m1/s1. The van der Waals surface area contributed by atoms with Crippen LogP contribution in [-0.4, -0.2) is 21.3 Å². The van der Waals surface area contributed by atoms with E-state index in [0.29, 0.717) is 6.01 Å². The van der Waals surface area contributed by atoms with E-state index >= 15 is 0 Å². The number of fused-ring (bicyclic) bond motifs is 3. The molecule has 3 rings (SSSR count). The van der Waals surface area contributed by atoms with Crippen LogP contribution in [0.15, 0.2) is 17.1 Å². The van der Waals surface area contributed by atoms with Gasteiger partial charge in [0.15, 0.2) is 11.8 Å². The number of hydrogen-bond donors (Lipinski definition) is 0. The van der Waals surface area contributed by atoms with Crippen LogP contribution in [0, 0.1) is 5.92 Å². The van der Waals surface area contributed by atoms with Crippen molar-refractivity contribution in [2.24, 2.45) is 5.92 Å². The molecule has 0 unspecified atom stereocenters. The lowest BCUT2D eigenvalue weighted by Crippen LogP contribution is -2.38. The molecule has 1 aromatic heterocycles. The van der Waals surface area contributed by atoms with E-state index in [1.807, 2.05) is 11.5 Å². The van der Waals surface area contributed by atoms with Gasteiger partial charge in [0.25, 0.3) is 5.56 Å². The Labute approximate surface area is 99.4 Å². The summed E-state index contributed by atoms with van der Waals surface area (Å²) in [4.78, 5) is 15.1. The van der Waals surface area contributed by atoms with E-state index in [0.717, 1.165) is 6.42 Å². The molecule has 1 saturated heterocycles. The Morgan fingerprint density at radius 1 is 1.59 bits per heavy atom. The van der Waals surface area contributed by atoms with E-state index < -0.39 is 5.60 Å². The van der Waals surface area contributed by atoms with Crippen molar-refractivity contribution in [3.8, 4) is 6.01 Å². The van der Waals surface area contributed by atoms with Crippen LogP contribution in [0.25, 0.3) is 0 Å². The molecule has 0 bridgehead atoms. The fourth-order valence-corrected chi connectivity index (χ4v) is 2.80. The number of ether oxygens (including phenoxy) is 2. The van der Waals surface area contributed by atoms with Crippen LogP contribution in [0.3, 0.4) is 0 Å². The Morgan fingerprint density at radius 2 is 2.35 bits per heavy atom. The van der Waals surface area contributed by atoms with Gasteiger partial charge in [-0.1, -0.05) is 13.8 Å². The molecule has 4 atom stereocenters. The third-order valence-electron chi connectivity index (χ3n) is 4.03. The van der Waals surface area contributed by atoms with Gasteiger partial charge < -0.3 is 9.47 Å². The maximum absolute atomic E-state index is 11.2. The highest BCUT2D eigenvalue weighted by Gasteiger charge is 2.58. The van der Waals surface area contributed by atoms with Crippen molar-refractivity contribution in [1.82, 2.24) is 9.55 Å². The molecule has 5 nitrogen and oxygen atoms in total. The first kappa shape index (κ1) is 10.8. The monoisotopic (exact) mass is 236 g/mol. The van der Waals surface area contributed by atoms with E-state index in [1.54, 1.807) is 6.20 Å². The van der Waals surface area contributed by atoms with Crippen LogP contribution < -0.4 is 10.3 Å². The van der Waals surface area contributed by atoms with Gasteiger partial charge in [-0.15, -0.1) is 0 Å². The molecule has 92 valence electrons. The predicted octanol–water partition coefficient (Wildman–Crippen LogP) is 1.34. The van der Waals surface area contributed by atoms with Crippen molar-refractivity contribution in [2.45, 2.75) is 45.1 Å². The fourth-order valence-electron chi connectivity index (χ4n) is 2.80. The zero-order valence-corrected chi connectivity index (χ0v) is 10.2. The van der Waals surface area contributed by atoms with Crippen molar-refractivity contribution in [2.75, 3.05) is 0 Å². The second-order valence-corrected chi connectivity index (χ2v) is 4.97.